The third kappa shape index (κ3) is 4.36. The number of hydrogen-bond donors (Lipinski definition) is 0. The third-order valence-corrected chi connectivity index (χ3v) is 6.03. The second-order valence-electron chi connectivity index (χ2n) is 7.36. The van der Waals surface area contributed by atoms with Crippen LogP contribution in [0.4, 0.5) is 0 Å². The molecule has 0 fully saturated rings. The quantitative estimate of drug-likeness (QED) is 0.233. The van der Waals surface area contributed by atoms with Crippen molar-refractivity contribution in [3.8, 4) is 22.0 Å². The number of thiophene rings is 1. The molecule has 164 valence electrons. The van der Waals surface area contributed by atoms with Crippen LogP contribution in [0.15, 0.2) is 84.2 Å². The first-order valence-electron chi connectivity index (χ1n) is 10.6. The summed E-state index contributed by atoms with van der Waals surface area (Å²) in [5.74, 6) is 0.312. The number of nitrogens with zero attached hydrogens (tertiary/aromatic N) is 3. The molecule has 0 N–H and O–H groups in total. The van der Waals surface area contributed by atoms with E-state index < -0.39 is 5.97 Å². The van der Waals surface area contributed by atoms with E-state index in [1.54, 1.807) is 22.1 Å². The Bertz CT molecular complexity index is 1380. The van der Waals surface area contributed by atoms with E-state index >= 15 is 0 Å². The van der Waals surface area contributed by atoms with Gasteiger partial charge in [0.2, 0.25) is 0 Å². The summed E-state index contributed by atoms with van der Waals surface area (Å²) >= 11 is 1.57. The lowest BCUT2D eigenvalue weighted by atomic mass is 10.1. The van der Waals surface area contributed by atoms with E-state index in [1.165, 1.54) is 0 Å². The molecule has 6 nitrogen and oxygen atoms in total. The van der Waals surface area contributed by atoms with Crippen LogP contribution >= 0.6 is 11.3 Å². The summed E-state index contributed by atoms with van der Waals surface area (Å²) < 4.78 is 13.0. The number of benzene rings is 2. The van der Waals surface area contributed by atoms with Crippen molar-refractivity contribution in [1.82, 2.24) is 14.8 Å². The first-order chi connectivity index (χ1) is 16.2. The molecule has 3 heterocycles. The molecule has 0 aliphatic carbocycles. The lowest BCUT2D eigenvalue weighted by Crippen LogP contribution is -2.13. The Morgan fingerprint density at radius 2 is 1.73 bits per heavy atom. The Balaban J connectivity index is 1.49. The van der Waals surface area contributed by atoms with Crippen molar-refractivity contribution in [2.45, 2.75) is 6.92 Å². The van der Waals surface area contributed by atoms with Crippen LogP contribution in [0.5, 0.6) is 5.75 Å². The molecular formula is C26H21N3O3S. The lowest BCUT2D eigenvalue weighted by molar-refractivity contribution is 0.0452. The molecule has 0 aliphatic heterocycles. The van der Waals surface area contributed by atoms with Gasteiger partial charge in [0.25, 0.3) is 0 Å². The summed E-state index contributed by atoms with van der Waals surface area (Å²) in [5, 5.41) is 7.36. The predicted molar refractivity (Wildman–Crippen MR) is 129 cm³/mol. The number of para-hydroxylation sites is 2. The third-order valence-electron chi connectivity index (χ3n) is 5.14. The van der Waals surface area contributed by atoms with Crippen LogP contribution in [0.2, 0.25) is 0 Å². The summed E-state index contributed by atoms with van der Waals surface area (Å²) in [6, 6.07) is 25.0. The molecule has 5 aromatic rings. The maximum Gasteiger partial charge on any atom is 0.339 e. The van der Waals surface area contributed by atoms with Gasteiger partial charge in [0.15, 0.2) is 5.65 Å². The molecule has 0 atom stereocenters. The highest BCUT2D eigenvalue weighted by molar-refractivity contribution is 7.13. The molecule has 0 amide bonds. The molecule has 0 spiro atoms. The minimum atomic E-state index is -0.424. The van der Waals surface area contributed by atoms with E-state index in [9.17, 15) is 4.79 Å². The summed E-state index contributed by atoms with van der Waals surface area (Å²) in [4.78, 5) is 19.0. The lowest BCUT2D eigenvalue weighted by Gasteiger charge is -2.10. The average Bonchev–Trinajstić information content (AvgIpc) is 3.51. The number of carbonyl (C=O) groups is 1. The van der Waals surface area contributed by atoms with Crippen molar-refractivity contribution >= 4 is 28.3 Å². The number of aryl methyl sites for hydroxylation is 1. The maximum atomic E-state index is 13.2. The van der Waals surface area contributed by atoms with Crippen LogP contribution in [0.25, 0.3) is 27.3 Å². The molecule has 0 saturated heterocycles. The second-order valence-corrected chi connectivity index (χ2v) is 8.31. The van der Waals surface area contributed by atoms with E-state index in [1.807, 2.05) is 85.1 Å². The molecule has 0 bridgehead atoms. The summed E-state index contributed by atoms with van der Waals surface area (Å²) in [6.45, 7) is 2.28. The van der Waals surface area contributed by atoms with Gasteiger partial charge in [-0.05, 0) is 48.7 Å². The fourth-order valence-electron chi connectivity index (χ4n) is 3.64. The zero-order valence-electron chi connectivity index (χ0n) is 18.0. The highest BCUT2D eigenvalue weighted by atomic mass is 32.1. The van der Waals surface area contributed by atoms with E-state index in [4.69, 9.17) is 14.5 Å². The fraction of sp³-hybridized carbons (Fsp3) is 0.115. The van der Waals surface area contributed by atoms with Crippen LogP contribution < -0.4 is 4.74 Å². The van der Waals surface area contributed by atoms with Crippen LogP contribution in [-0.4, -0.2) is 33.9 Å². The van der Waals surface area contributed by atoms with Gasteiger partial charge in [-0.1, -0.05) is 42.5 Å². The number of esters is 1. The van der Waals surface area contributed by atoms with Crippen molar-refractivity contribution in [3.05, 3.63) is 95.5 Å². The average molecular weight is 456 g/mol. The van der Waals surface area contributed by atoms with E-state index in [0.29, 0.717) is 28.0 Å². The van der Waals surface area contributed by atoms with Crippen molar-refractivity contribution in [2.24, 2.45) is 0 Å². The normalized spacial score (nSPS) is 10.9. The van der Waals surface area contributed by atoms with E-state index in [2.05, 4.69) is 5.10 Å². The van der Waals surface area contributed by atoms with Gasteiger partial charge in [0, 0.05) is 0 Å². The SMILES string of the molecule is Cc1nn(-c2ccccc2)c2nc(-c3cccs3)cc(C(=O)OCCOc3ccccc3)c12. The highest BCUT2D eigenvalue weighted by Gasteiger charge is 2.22. The monoisotopic (exact) mass is 455 g/mol. The van der Waals surface area contributed by atoms with Crippen molar-refractivity contribution in [1.29, 1.82) is 0 Å². The number of aromatic nitrogens is 3. The highest BCUT2D eigenvalue weighted by Crippen LogP contribution is 2.31. The Hall–Kier alpha value is -3.97. The Morgan fingerprint density at radius 3 is 2.45 bits per heavy atom. The zero-order valence-corrected chi connectivity index (χ0v) is 18.8. The van der Waals surface area contributed by atoms with Gasteiger partial charge >= 0.3 is 5.97 Å². The summed E-state index contributed by atoms with van der Waals surface area (Å²) in [7, 11) is 0. The molecule has 3 aromatic heterocycles. The standard InChI is InChI=1S/C26H21N3O3S/c1-18-24-21(26(30)32-15-14-31-20-11-6-3-7-12-20)17-22(23-13-8-16-33-23)27-25(24)29(28-18)19-9-4-2-5-10-19/h2-13,16-17H,14-15H2,1H3. The first kappa shape index (κ1) is 20.9. The molecular weight excluding hydrogens is 434 g/mol. The van der Waals surface area contributed by atoms with Crippen molar-refractivity contribution in [2.75, 3.05) is 13.2 Å². The molecule has 0 aliphatic rings. The molecule has 0 unspecified atom stereocenters. The van der Waals surface area contributed by atoms with Crippen molar-refractivity contribution < 1.29 is 14.3 Å². The summed E-state index contributed by atoms with van der Waals surface area (Å²) in [5.41, 5.74) is 3.37. The largest absolute Gasteiger partial charge is 0.490 e. The minimum Gasteiger partial charge on any atom is -0.490 e. The van der Waals surface area contributed by atoms with Crippen LogP contribution in [0.1, 0.15) is 16.1 Å². The Labute approximate surface area is 195 Å². The number of fused-ring (bicyclic) bond motifs is 1. The number of rotatable bonds is 7. The number of pyridine rings is 1. The first-order valence-corrected chi connectivity index (χ1v) is 11.4. The fourth-order valence-corrected chi connectivity index (χ4v) is 4.32. The molecule has 0 saturated carbocycles. The molecule has 0 radical (unpaired) electrons. The second kappa shape index (κ2) is 9.26. The van der Waals surface area contributed by atoms with Gasteiger partial charge in [-0.2, -0.15) is 5.10 Å². The van der Waals surface area contributed by atoms with Crippen LogP contribution in [0, 0.1) is 6.92 Å². The number of hydrogen-bond acceptors (Lipinski definition) is 6. The predicted octanol–water partition coefficient (Wildman–Crippen LogP) is 5.69. The smallest absolute Gasteiger partial charge is 0.339 e. The molecule has 33 heavy (non-hydrogen) atoms. The number of carbonyl (C=O) groups excluding carboxylic acids is 1. The van der Waals surface area contributed by atoms with Crippen LogP contribution in [0.3, 0.4) is 0 Å². The van der Waals surface area contributed by atoms with Gasteiger partial charge in [-0.3, -0.25) is 0 Å². The Kier molecular flexibility index (Phi) is 5.87. The van der Waals surface area contributed by atoms with Gasteiger partial charge in [0.1, 0.15) is 19.0 Å². The zero-order chi connectivity index (χ0) is 22.6. The minimum absolute atomic E-state index is 0.137. The maximum absolute atomic E-state index is 13.2. The van der Waals surface area contributed by atoms with Gasteiger partial charge < -0.3 is 9.47 Å². The molecule has 2 aromatic carbocycles. The van der Waals surface area contributed by atoms with Gasteiger partial charge in [-0.15, -0.1) is 11.3 Å². The molecule has 5 rings (SSSR count). The topological polar surface area (TPSA) is 66.2 Å². The van der Waals surface area contributed by atoms with Crippen molar-refractivity contribution in [3.63, 3.8) is 0 Å². The van der Waals surface area contributed by atoms with Gasteiger partial charge in [0.05, 0.1) is 32.9 Å². The van der Waals surface area contributed by atoms with E-state index in [-0.39, 0.29) is 13.2 Å². The number of ether oxygens (including phenoxy) is 2. The molecule has 7 heteroatoms. The van der Waals surface area contributed by atoms with E-state index in [0.717, 1.165) is 16.3 Å². The van der Waals surface area contributed by atoms with Crippen LogP contribution in [-0.2, 0) is 4.74 Å². The Morgan fingerprint density at radius 1 is 0.970 bits per heavy atom. The summed E-state index contributed by atoms with van der Waals surface area (Å²) in [6.07, 6.45) is 0. The van der Waals surface area contributed by atoms with Gasteiger partial charge in [-0.25, -0.2) is 14.5 Å².